The molecule has 0 atom stereocenters. The summed E-state index contributed by atoms with van der Waals surface area (Å²) < 4.78 is 21.4. The molecule has 0 bridgehead atoms. The predicted molar refractivity (Wildman–Crippen MR) is 134 cm³/mol. The third-order valence-corrected chi connectivity index (χ3v) is 5.78. The molecule has 0 N–H and O–H groups in total. The van der Waals surface area contributed by atoms with E-state index >= 15 is 0 Å². The van der Waals surface area contributed by atoms with E-state index in [1.165, 1.54) is 30.3 Å². The predicted octanol–water partition coefficient (Wildman–Crippen LogP) is 6.31. The SMILES string of the molecule is N#CC(=Cc1cc(I)cc(I)c1OCc1ccccc1F)C(=O)c1cccc([N+](=O)[O-])c1. The summed E-state index contributed by atoms with van der Waals surface area (Å²) in [5.74, 6) is -0.650. The summed E-state index contributed by atoms with van der Waals surface area (Å²) in [5.41, 5.74) is 0.406. The Morgan fingerprint density at radius 2 is 1.91 bits per heavy atom. The minimum atomic E-state index is -0.648. The number of ketones is 1. The Balaban J connectivity index is 1.99. The number of rotatable bonds is 7. The van der Waals surface area contributed by atoms with Crippen molar-refractivity contribution in [1.82, 2.24) is 0 Å². The lowest BCUT2D eigenvalue weighted by Gasteiger charge is -2.13. The van der Waals surface area contributed by atoms with Crippen LogP contribution in [0.15, 0.2) is 66.2 Å². The van der Waals surface area contributed by atoms with Crippen molar-refractivity contribution in [2.45, 2.75) is 6.61 Å². The van der Waals surface area contributed by atoms with E-state index in [-0.39, 0.29) is 23.4 Å². The van der Waals surface area contributed by atoms with E-state index in [4.69, 9.17) is 4.74 Å². The number of halogens is 3. The summed E-state index contributed by atoms with van der Waals surface area (Å²) in [6.07, 6.45) is 1.38. The molecule has 6 nitrogen and oxygen atoms in total. The van der Waals surface area contributed by atoms with Crippen molar-refractivity contribution < 1.29 is 18.8 Å². The van der Waals surface area contributed by atoms with Crippen LogP contribution in [0.1, 0.15) is 21.5 Å². The number of nitro benzene ring substituents is 1. The van der Waals surface area contributed by atoms with Gasteiger partial charge in [0.05, 0.1) is 8.49 Å². The van der Waals surface area contributed by atoms with Crippen LogP contribution < -0.4 is 4.74 Å². The number of carbonyl (C=O) groups is 1. The van der Waals surface area contributed by atoms with E-state index in [9.17, 15) is 24.6 Å². The maximum Gasteiger partial charge on any atom is 0.270 e. The molecule has 3 aromatic rings. The highest BCUT2D eigenvalue weighted by atomic mass is 127. The Labute approximate surface area is 210 Å². The molecule has 3 aromatic carbocycles. The first-order chi connectivity index (χ1) is 15.3. The highest BCUT2D eigenvalue weighted by Crippen LogP contribution is 2.31. The molecule has 0 aliphatic heterocycles. The largest absolute Gasteiger partial charge is 0.487 e. The van der Waals surface area contributed by atoms with Gasteiger partial charge in [-0.3, -0.25) is 14.9 Å². The molecule has 0 radical (unpaired) electrons. The minimum absolute atomic E-state index is 0.0288. The summed E-state index contributed by atoms with van der Waals surface area (Å²) in [6.45, 7) is -0.0369. The average molecular weight is 654 g/mol. The maximum atomic E-state index is 14.0. The third-order valence-electron chi connectivity index (χ3n) is 4.35. The number of hydrogen-bond donors (Lipinski definition) is 0. The molecular weight excluding hydrogens is 641 g/mol. The lowest BCUT2D eigenvalue weighted by Crippen LogP contribution is -2.04. The molecule has 0 heterocycles. The van der Waals surface area contributed by atoms with Crippen LogP contribution in [0, 0.1) is 34.4 Å². The van der Waals surface area contributed by atoms with E-state index in [0.717, 1.165) is 13.2 Å². The number of allylic oxidation sites excluding steroid dienone is 1. The zero-order chi connectivity index (χ0) is 23.3. The molecule has 0 aliphatic rings. The van der Waals surface area contributed by atoms with E-state index in [0.29, 0.717) is 16.9 Å². The molecule has 9 heteroatoms. The Morgan fingerprint density at radius 1 is 1.16 bits per heavy atom. The Bertz CT molecular complexity index is 1290. The molecule has 3 rings (SSSR count). The number of hydrogen-bond acceptors (Lipinski definition) is 5. The summed E-state index contributed by atoms with van der Waals surface area (Å²) in [4.78, 5) is 23.3. The fourth-order valence-electron chi connectivity index (χ4n) is 2.83. The van der Waals surface area contributed by atoms with Gasteiger partial charge in [-0.25, -0.2) is 4.39 Å². The van der Waals surface area contributed by atoms with Gasteiger partial charge >= 0.3 is 0 Å². The number of Topliss-reactive ketones (excluding diaryl/α,β-unsaturated/α-hetero) is 1. The van der Waals surface area contributed by atoms with Gasteiger partial charge in [0.15, 0.2) is 0 Å². The van der Waals surface area contributed by atoms with Crippen molar-refractivity contribution in [2.24, 2.45) is 0 Å². The number of non-ortho nitro benzene ring substituents is 1. The second kappa shape index (κ2) is 10.6. The fraction of sp³-hybridized carbons (Fsp3) is 0.0435. The number of nitro groups is 1. The number of ether oxygens (including phenoxy) is 1. The second-order valence-corrected chi connectivity index (χ2v) is 8.90. The molecule has 0 aromatic heterocycles. The molecule has 0 amide bonds. The smallest absolute Gasteiger partial charge is 0.270 e. The zero-order valence-electron chi connectivity index (χ0n) is 16.2. The van der Waals surface area contributed by atoms with Gasteiger partial charge in [-0.1, -0.05) is 30.3 Å². The second-order valence-electron chi connectivity index (χ2n) is 6.49. The van der Waals surface area contributed by atoms with Crippen LogP contribution >= 0.6 is 45.2 Å². The molecule has 0 saturated heterocycles. The van der Waals surface area contributed by atoms with Crippen molar-refractivity contribution in [3.05, 3.63) is 106 Å². The molecule has 160 valence electrons. The van der Waals surface area contributed by atoms with Gasteiger partial charge in [0, 0.05) is 32.4 Å². The number of benzene rings is 3. The number of nitrogens with zero attached hydrogens (tertiary/aromatic N) is 2. The van der Waals surface area contributed by atoms with E-state index in [1.54, 1.807) is 24.3 Å². The van der Waals surface area contributed by atoms with Crippen LogP contribution in [-0.4, -0.2) is 10.7 Å². The third kappa shape index (κ3) is 5.68. The Hall–Kier alpha value is -2.85. The summed E-state index contributed by atoms with van der Waals surface area (Å²) in [7, 11) is 0. The summed E-state index contributed by atoms with van der Waals surface area (Å²) >= 11 is 4.17. The van der Waals surface area contributed by atoms with E-state index in [1.807, 2.05) is 12.1 Å². The fourth-order valence-corrected chi connectivity index (χ4v) is 4.87. The Morgan fingerprint density at radius 3 is 2.59 bits per heavy atom. The van der Waals surface area contributed by atoms with Crippen molar-refractivity contribution >= 4 is 62.7 Å². The van der Waals surface area contributed by atoms with Gasteiger partial charge in [-0.05, 0) is 69.5 Å². The molecule has 0 unspecified atom stereocenters. The first-order valence-electron chi connectivity index (χ1n) is 9.06. The topological polar surface area (TPSA) is 93.2 Å². The van der Waals surface area contributed by atoms with Crippen LogP contribution in [0.4, 0.5) is 10.1 Å². The highest BCUT2D eigenvalue weighted by Gasteiger charge is 2.18. The van der Waals surface area contributed by atoms with E-state index in [2.05, 4.69) is 45.2 Å². The van der Waals surface area contributed by atoms with Crippen LogP contribution in [0.3, 0.4) is 0 Å². The lowest BCUT2D eigenvalue weighted by molar-refractivity contribution is -0.384. The number of nitriles is 1. The van der Waals surface area contributed by atoms with Gasteiger partial charge in [-0.2, -0.15) is 5.26 Å². The number of carbonyl (C=O) groups excluding carboxylic acids is 1. The van der Waals surface area contributed by atoms with Gasteiger partial charge in [0.1, 0.15) is 29.8 Å². The summed E-state index contributed by atoms with van der Waals surface area (Å²) in [6, 6.07) is 16.9. The monoisotopic (exact) mass is 654 g/mol. The first kappa shape index (κ1) is 23.8. The van der Waals surface area contributed by atoms with Crippen molar-refractivity contribution in [2.75, 3.05) is 0 Å². The van der Waals surface area contributed by atoms with Crippen LogP contribution in [0.2, 0.25) is 0 Å². The van der Waals surface area contributed by atoms with Crippen LogP contribution in [0.25, 0.3) is 6.08 Å². The van der Waals surface area contributed by atoms with Crippen LogP contribution in [-0.2, 0) is 6.61 Å². The van der Waals surface area contributed by atoms with Gasteiger partial charge in [0.2, 0.25) is 5.78 Å². The molecule has 0 fully saturated rings. The average Bonchev–Trinajstić information content (AvgIpc) is 2.77. The molecular formula is C23H13FI2N2O4. The van der Waals surface area contributed by atoms with Crippen LogP contribution in [0.5, 0.6) is 5.75 Å². The molecule has 0 spiro atoms. The molecule has 0 saturated carbocycles. The molecule has 32 heavy (non-hydrogen) atoms. The van der Waals surface area contributed by atoms with Gasteiger partial charge in [0.25, 0.3) is 5.69 Å². The molecule has 0 aliphatic carbocycles. The van der Waals surface area contributed by atoms with E-state index < -0.39 is 16.5 Å². The summed E-state index contributed by atoms with van der Waals surface area (Å²) in [5, 5.41) is 20.6. The Kier molecular flexibility index (Phi) is 7.92. The minimum Gasteiger partial charge on any atom is -0.487 e. The highest BCUT2D eigenvalue weighted by molar-refractivity contribution is 14.1. The quantitative estimate of drug-likeness (QED) is 0.0744. The lowest BCUT2D eigenvalue weighted by atomic mass is 10.0. The van der Waals surface area contributed by atoms with Crippen molar-refractivity contribution in [1.29, 1.82) is 5.26 Å². The van der Waals surface area contributed by atoms with Gasteiger partial charge in [-0.15, -0.1) is 0 Å². The maximum absolute atomic E-state index is 14.0. The zero-order valence-corrected chi connectivity index (χ0v) is 20.5. The standard InChI is InChI=1S/C23H13FI2N2O4/c24-20-7-2-1-4-15(20)13-32-23-16(9-18(25)11-21(23)26)8-17(12-27)22(29)14-5-3-6-19(10-14)28(30)31/h1-11H,13H2. The first-order valence-corrected chi connectivity index (χ1v) is 11.2. The van der Waals surface area contributed by atoms with Crippen molar-refractivity contribution in [3.8, 4) is 11.8 Å². The van der Waals surface area contributed by atoms with Gasteiger partial charge < -0.3 is 4.74 Å². The normalized spacial score (nSPS) is 11.0. The van der Waals surface area contributed by atoms with Crippen molar-refractivity contribution in [3.63, 3.8) is 0 Å².